The van der Waals surface area contributed by atoms with E-state index < -0.39 is 17.8 Å². The van der Waals surface area contributed by atoms with Gasteiger partial charge in [-0.3, -0.25) is 4.79 Å². The third kappa shape index (κ3) is 4.18. The molecule has 3 nitrogen and oxygen atoms in total. The molecule has 0 heterocycles. The molecular weight excluding hydrogens is 329 g/mol. The molecule has 0 aromatic rings. The second-order valence-corrected chi connectivity index (χ2v) is 16.9. The average Bonchev–Trinajstić information content (AvgIpc) is 2.95. The fourth-order valence-electron chi connectivity index (χ4n) is 4.50. The molecule has 2 atom stereocenters. The Balaban J connectivity index is 3.48. The van der Waals surface area contributed by atoms with Crippen LogP contribution in [0, 0.1) is 16.7 Å². The number of nitrogens with one attached hydrogen (secondary N) is 1. The molecule has 1 aliphatic rings. The van der Waals surface area contributed by atoms with Crippen LogP contribution in [0.3, 0.4) is 0 Å². The van der Waals surface area contributed by atoms with Gasteiger partial charge in [-0.05, 0) is 24.2 Å². The van der Waals surface area contributed by atoms with Crippen LogP contribution >= 0.6 is 7.14 Å². The first-order chi connectivity index (χ1) is 10.7. The Morgan fingerprint density at radius 2 is 1.32 bits per heavy atom. The number of hydrogen-bond acceptors (Lipinski definition) is 2. The van der Waals surface area contributed by atoms with E-state index in [1.807, 2.05) is 20.8 Å². The van der Waals surface area contributed by atoms with Gasteiger partial charge in [0, 0.05) is 15.7 Å². The first kappa shape index (κ1) is 22.7. The summed E-state index contributed by atoms with van der Waals surface area (Å²) in [5.74, 6) is 0.292. The topological polar surface area (TPSA) is 46.2 Å². The number of hydrogen-bond donors (Lipinski definition) is 1. The largest absolute Gasteiger partial charge is 0.343 e. The first-order valence-electron chi connectivity index (χ1n) is 9.62. The lowest BCUT2D eigenvalue weighted by molar-refractivity contribution is -0.129. The minimum Gasteiger partial charge on any atom is -0.343 e. The SMILES string of the molecule is CC(C)(C)C[C@@H]1C[C@]1(NC(=O)C(C)(C)C)P(=O)(C(C)(C)C)C(C)(C)C. The Labute approximate surface area is 156 Å². The smallest absolute Gasteiger partial charge is 0.226 e. The van der Waals surface area contributed by atoms with Crippen molar-refractivity contribution in [3.63, 3.8) is 0 Å². The van der Waals surface area contributed by atoms with E-state index >= 15 is 0 Å². The van der Waals surface area contributed by atoms with Crippen LogP contribution in [0.4, 0.5) is 0 Å². The zero-order valence-corrected chi connectivity index (χ0v) is 19.6. The summed E-state index contributed by atoms with van der Waals surface area (Å²) in [6, 6.07) is 0. The van der Waals surface area contributed by atoms with Crippen LogP contribution in [0.1, 0.15) is 95.9 Å². The Morgan fingerprint density at radius 3 is 1.60 bits per heavy atom. The Bertz CT molecular complexity index is 549. The fourth-order valence-corrected chi connectivity index (χ4v) is 10.3. The Kier molecular flexibility index (Phi) is 5.56. The molecule has 0 unspecified atom stereocenters. The molecule has 0 spiro atoms. The summed E-state index contributed by atoms with van der Waals surface area (Å²) in [5, 5.41) is 2.05. The maximum atomic E-state index is 14.7. The number of carbonyl (C=O) groups excluding carboxylic acids is 1. The highest BCUT2D eigenvalue weighted by atomic mass is 31.2. The molecule has 0 aromatic carbocycles. The van der Waals surface area contributed by atoms with Gasteiger partial charge < -0.3 is 9.88 Å². The molecular formula is C21H42NO2P. The molecule has 0 aromatic heterocycles. The van der Waals surface area contributed by atoms with Crippen molar-refractivity contribution in [2.24, 2.45) is 16.7 Å². The molecule has 0 saturated heterocycles. The molecule has 1 rings (SSSR count). The zero-order chi connectivity index (χ0) is 20.3. The van der Waals surface area contributed by atoms with Crippen LogP contribution in [-0.2, 0) is 9.36 Å². The summed E-state index contributed by atoms with van der Waals surface area (Å²) in [6.45, 7) is 24.9. The van der Waals surface area contributed by atoms with E-state index in [4.69, 9.17) is 0 Å². The lowest BCUT2D eigenvalue weighted by Crippen LogP contribution is -2.50. The molecule has 148 valence electrons. The van der Waals surface area contributed by atoms with Gasteiger partial charge in [-0.1, -0.05) is 83.1 Å². The van der Waals surface area contributed by atoms with Gasteiger partial charge in [0.25, 0.3) is 0 Å². The molecule has 1 fully saturated rings. The maximum absolute atomic E-state index is 14.7. The van der Waals surface area contributed by atoms with Gasteiger partial charge >= 0.3 is 0 Å². The van der Waals surface area contributed by atoms with E-state index in [9.17, 15) is 9.36 Å². The lowest BCUT2D eigenvalue weighted by Gasteiger charge is -2.48. The third-order valence-electron chi connectivity index (χ3n) is 5.39. The number of carbonyl (C=O) groups is 1. The third-order valence-corrected chi connectivity index (χ3v) is 11.0. The van der Waals surface area contributed by atoms with Crippen molar-refractivity contribution < 1.29 is 9.36 Å². The van der Waals surface area contributed by atoms with Crippen molar-refractivity contribution in [2.45, 2.75) is 112 Å². The summed E-state index contributed by atoms with van der Waals surface area (Å²) in [6.07, 6.45) is 1.81. The van der Waals surface area contributed by atoms with Crippen LogP contribution in [0.25, 0.3) is 0 Å². The van der Waals surface area contributed by atoms with E-state index in [1.165, 1.54) is 0 Å². The van der Waals surface area contributed by atoms with Crippen LogP contribution in [0.2, 0.25) is 0 Å². The molecule has 4 heteroatoms. The van der Waals surface area contributed by atoms with Crippen molar-refractivity contribution in [1.29, 1.82) is 0 Å². The summed E-state index contributed by atoms with van der Waals surface area (Å²) < 4.78 is 14.7. The van der Waals surface area contributed by atoms with Crippen LogP contribution < -0.4 is 5.32 Å². The summed E-state index contributed by atoms with van der Waals surface area (Å²) in [5.41, 5.74) is -0.331. The predicted octanol–water partition coefficient (Wildman–Crippen LogP) is 6.26. The summed E-state index contributed by atoms with van der Waals surface area (Å²) >= 11 is 0. The van der Waals surface area contributed by atoms with Crippen molar-refractivity contribution in [3.8, 4) is 0 Å². The molecule has 1 amide bonds. The molecule has 1 aliphatic carbocycles. The zero-order valence-electron chi connectivity index (χ0n) is 18.8. The Morgan fingerprint density at radius 1 is 0.920 bits per heavy atom. The monoisotopic (exact) mass is 371 g/mol. The van der Waals surface area contributed by atoms with E-state index in [-0.39, 0.29) is 27.6 Å². The summed E-state index contributed by atoms with van der Waals surface area (Å²) in [7, 11) is -2.78. The second-order valence-electron chi connectivity index (χ2n) is 12.2. The van der Waals surface area contributed by atoms with Gasteiger partial charge in [0.1, 0.15) is 7.14 Å². The normalized spacial score (nSPS) is 25.7. The highest BCUT2D eigenvalue weighted by Crippen LogP contribution is 2.83. The molecule has 0 aliphatic heterocycles. The molecule has 1 saturated carbocycles. The van der Waals surface area contributed by atoms with Gasteiger partial charge in [-0.2, -0.15) is 0 Å². The Hall–Kier alpha value is -0.300. The van der Waals surface area contributed by atoms with Gasteiger partial charge in [-0.15, -0.1) is 0 Å². The average molecular weight is 372 g/mol. The van der Waals surface area contributed by atoms with Gasteiger partial charge in [-0.25, -0.2) is 0 Å². The van der Waals surface area contributed by atoms with E-state index in [2.05, 4.69) is 67.6 Å². The highest BCUT2D eigenvalue weighted by molar-refractivity contribution is 7.68. The van der Waals surface area contributed by atoms with E-state index in [0.717, 1.165) is 12.8 Å². The van der Waals surface area contributed by atoms with Crippen molar-refractivity contribution in [3.05, 3.63) is 0 Å². The van der Waals surface area contributed by atoms with E-state index in [1.54, 1.807) is 0 Å². The fraction of sp³-hybridized carbons (Fsp3) is 0.952. The van der Waals surface area contributed by atoms with Crippen molar-refractivity contribution in [2.75, 3.05) is 0 Å². The van der Waals surface area contributed by atoms with Gasteiger partial charge in [0.15, 0.2) is 0 Å². The summed E-state index contributed by atoms with van der Waals surface area (Å²) in [4.78, 5) is 12.9. The first-order valence-corrected chi connectivity index (χ1v) is 11.3. The quantitative estimate of drug-likeness (QED) is 0.595. The molecule has 1 N–H and O–H groups in total. The highest BCUT2D eigenvalue weighted by Gasteiger charge is 2.72. The minimum atomic E-state index is -2.78. The lowest BCUT2D eigenvalue weighted by atomic mass is 9.89. The van der Waals surface area contributed by atoms with Crippen LogP contribution in [-0.4, -0.2) is 21.5 Å². The number of amides is 1. The second kappa shape index (κ2) is 6.11. The van der Waals surface area contributed by atoms with E-state index in [0.29, 0.717) is 0 Å². The maximum Gasteiger partial charge on any atom is 0.226 e. The predicted molar refractivity (Wildman–Crippen MR) is 110 cm³/mol. The van der Waals surface area contributed by atoms with Crippen molar-refractivity contribution >= 4 is 13.0 Å². The van der Waals surface area contributed by atoms with Crippen molar-refractivity contribution in [1.82, 2.24) is 5.32 Å². The van der Waals surface area contributed by atoms with Gasteiger partial charge in [0.05, 0.1) is 5.28 Å². The molecule has 25 heavy (non-hydrogen) atoms. The number of rotatable bonds is 3. The standard InChI is InChI=1S/C21H42NO2P/c1-17(2,3)13-15-14-21(15,22-16(23)18(4,5)6)25(24,19(7,8)9)20(10,11)12/h15H,13-14H2,1-12H3,(H,22,23)/t15-,21+/m1/s1. The van der Waals surface area contributed by atoms with Crippen LogP contribution in [0.15, 0.2) is 0 Å². The minimum absolute atomic E-state index is 0.0117. The molecule has 0 radical (unpaired) electrons. The van der Waals surface area contributed by atoms with Crippen LogP contribution in [0.5, 0.6) is 0 Å². The molecule has 0 bridgehead atoms. The van der Waals surface area contributed by atoms with Gasteiger partial charge in [0.2, 0.25) is 5.91 Å².